The third-order valence-corrected chi connectivity index (χ3v) is 3.03. The number of benzene rings is 1. The molecule has 0 fully saturated rings. The van der Waals surface area contributed by atoms with Gasteiger partial charge < -0.3 is 20.1 Å². The molecule has 0 radical (unpaired) electrons. The van der Waals surface area contributed by atoms with Gasteiger partial charge in [-0.2, -0.15) is 5.26 Å². The fourth-order valence-corrected chi connectivity index (χ4v) is 1.95. The minimum atomic E-state index is -0.674. The van der Waals surface area contributed by atoms with E-state index in [1.807, 2.05) is 0 Å². The monoisotopic (exact) mass is 291 g/mol. The van der Waals surface area contributed by atoms with Gasteiger partial charge in [-0.1, -0.05) is 6.07 Å². The van der Waals surface area contributed by atoms with Gasteiger partial charge in [0.1, 0.15) is 0 Å². The van der Waals surface area contributed by atoms with E-state index in [1.165, 1.54) is 0 Å². The lowest BCUT2D eigenvalue weighted by Gasteiger charge is -2.23. The van der Waals surface area contributed by atoms with Crippen molar-refractivity contribution in [1.29, 1.82) is 5.26 Å². The number of amides is 1. The Bertz CT molecular complexity index is 523. The largest absolute Gasteiger partial charge is 0.389 e. The van der Waals surface area contributed by atoms with Crippen LogP contribution >= 0.6 is 0 Å². The van der Waals surface area contributed by atoms with Gasteiger partial charge in [-0.05, 0) is 19.1 Å². The van der Waals surface area contributed by atoms with Gasteiger partial charge in [0, 0.05) is 32.0 Å². The highest BCUT2D eigenvalue weighted by atomic mass is 16.5. The first-order chi connectivity index (χ1) is 9.99. The number of anilines is 1. The fraction of sp³-hybridized carbons (Fsp3) is 0.467. The average Bonchev–Trinajstić information content (AvgIpc) is 2.46. The number of nitrogens with zero attached hydrogens (tertiary/aromatic N) is 2. The number of rotatable bonds is 7. The second kappa shape index (κ2) is 8.25. The van der Waals surface area contributed by atoms with Crippen LogP contribution in [0.4, 0.5) is 5.69 Å². The van der Waals surface area contributed by atoms with Crippen LogP contribution in [0.1, 0.15) is 24.2 Å². The van der Waals surface area contributed by atoms with Crippen molar-refractivity contribution in [2.45, 2.75) is 13.0 Å². The summed E-state index contributed by atoms with van der Waals surface area (Å²) in [7, 11) is 3.32. The topological polar surface area (TPSA) is 85.6 Å². The summed E-state index contributed by atoms with van der Waals surface area (Å²) in [4.78, 5) is 13.5. The summed E-state index contributed by atoms with van der Waals surface area (Å²) in [6.45, 7) is 2.69. The van der Waals surface area contributed by atoms with Crippen LogP contribution in [-0.2, 0) is 9.53 Å². The Labute approximate surface area is 124 Å². The normalized spacial score (nSPS) is 11.6. The molecule has 1 rings (SSSR count). The van der Waals surface area contributed by atoms with Crippen LogP contribution in [0.5, 0.6) is 0 Å². The lowest BCUT2D eigenvalue weighted by atomic mass is 10.0. The minimum absolute atomic E-state index is 0.137. The summed E-state index contributed by atoms with van der Waals surface area (Å²) in [5, 5.41) is 21.5. The number of nitrogens with one attached hydrogen (secondary N) is 1. The molecule has 0 saturated heterocycles. The van der Waals surface area contributed by atoms with E-state index in [2.05, 4.69) is 11.4 Å². The Kier molecular flexibility index (Phi) is 6.66. The molecule has 1 aromatic rings. The predicted octanol–water partition coefficient (Wildman–Crippen LogP) is 0.810. The molecule has 1 atom stereocenters. The van der Waals surface area contributed by atoms with Gasteiger partial charge in [0.05, 0.1) is 30.9 Å². The first-order valence-corrected chi connectivity index (χ1v) is 6.68. The number of nitriles is 1. The van der Waals surface area contributed by atoms with E-state index in [1.54, 1.807) is 44.2 Å². The smallest absolute Gasteiger partial charge is 0.239 e. The highest BCUT2D eigenvalue weighted by Crippen LogP contribution is 2.26. The number of carbonyl (C=O) groups excluding carboxylic acids is 1. The molecule has 1 unspecified atom stereocenters. The van der Waals surface area contributed by atoms with Gasteiger partial charge in [0.25, 0.3) is 0 Å². The van der Waals surface area contributed by atoms with Crippen molar-refractivity contribution in [2.75, 3.05) is 38.8 Å². The van der Waals surface area contributed by atoms with Crippen LogP contribution in [0, 0.1) is 11.3 Å². The number of aliphatic hydroxyl groups is 1. The van der Waals surface area contributed by atoms with Gasteiger partial charge >= 0.3 is 0 Å². The number of likely N-dealkylation sites (N-methyl/N-ethyl adjacent to an activating group) is 1. The molecule has 0 aliphatic heterocycles. The summed E-state index contributed by atoms with van der Waals surface area (Å²) >= 11 is 0. The van der Waals surface area contributed by atoms with E-state index in [0.29, 0.717) is 30.0 Å². The van der Waals surface area contributed by atoms with E-state index in [0.717, 1.165) is 0 Å². The highest BCUT2D eigenvalue weighted by Gasteiger charge is 2.15. The zero-order valence-electron chi connectivity index (χ0n) is 12.6. The van der Waals surface area contributed by atoms with Crippen molar-refractivity contribution >= 4 is 11.6 Å². The Balaban J connectivity index is 2.83. The quantitative estimate of drug-likeness (QED) is 0.726. The van der Waals surface area contributed by atoms with Crippen molar-refractivity contribution in [2.24, 2.45) is 0 Å². The molecule has 2 N–H and O–H groups in total. The van der Waals surface area contributed by atoms with E-state index >= 15 is 0 Å². The number of hydrogen-bond donors (Lipinski definition) is 2. The van der Waals surface area contributed by atoms with Crippen LogP contribution in [0.2, 0.25) is 0 Å². The fourth-order valence-electron chi connectivity index (χ4n) is 1.95. The summed E-state index contributed by atoms with van der Waals surface area (Å²) in [6, 6.07) is 7.09. The van der Waals surface area contributed by atoms with Gasteiger partial charge in [-0.15, -0.1) is 0 Å². The number of ether oxygens (including phenoxy) is 1. The van der Waals surface area contributed by atoms with Crippen LogP contribution in [0.15, 0.2) is 18.2 Å². The van der Waals surface area contributed by atoms with Gasteiger partial charge in [0.2, 0.25) is 5.91 Å². The molecule has 1 amide bonds. The molecule has 0 spiro atoms. The second-order valence-electron chi connectivity index (χ2n) is 4.76. The molecule has 0 bridgehead atoms. The molecule has 0 aliphatic rings. The van der Waals surface area contributed by atoms with Crippen LogP contribution in [-0.4, -0.2) is 44.9 Å². The first-order valence-electron chi connectivity index (χ1n) is 6.68. The van der Waals surface area contributed by atoms with E-state index in [9.17, 15) is 9.90 Å². The number of carbonyl (C=O) groups is 1. The predicted molar refractivity (Wildman–Crippen MR) is 79.9 cm³/mol. The molecule has 6 heteroatoms. The summed E-state index contributed by atoms with van der Waals surface area (Å²) in [5.74, 6) is -0.145. The standard InChI is InChI=1S/C15H21N3O3/c1-11(19)13-5-4-12(9-16)8-14(13)18(2)10-15(20)17-6-7-21-3/h4-5,8,11,19H,6-7,10H2,1-3H3,(H,17,20). The SMILES string of the molecule is COCCNC(=O)CN(C)c1cc(C#N)ccc1C(C)O. The Hall–Kier alpha value is -2.10. The Morgan fingerprint density at radius 1 is 1.57 bits per heavy atom. The minimum Gasteiger partial charge on any atom is -0.389 e. The maximum Gasteiger partial charge on any atom is 0.239 e. The van der Waals surface area contributed by atoms with Gasteiger partial charge in [0.15, 0.2) is 0 Å². The molecule has 114 valence electrons. The molecule has 0 aliphatic carbocycles. The molecule has 6 nitrogen and oxygen atoms in total. The van der Waals surface area contributed by atoms with Crippen molar-refractivity contribution in [3.8, 4) is 6.07 Å². The molecular formula is C15H21N3O3. The summed E-state index contributed by atoms with van der Waals surface area (Å²) in [6.07, 6.45) is -0.674. The van der Waals surface area contributed by atoms with Gasteiger partial charge in [-0.3, -0.25) is 4.79 Å². The third kappa shape index (κ3) is 5.06. The summed E-state index contributed by atoms with van der Waals surface area (Å²) in [5.41, 5.74) is 1.84. The third-order valence-electron chi connectivity index (χ3n) is 3.03. The van der Waals surface area contributed by atoms with Crippen molar-refractivity contribution in [3.05, 3.63) is 29.3 Å². The van der Waals surface area contributed by atoms with Crippen LogP contribution in [0.3, 0.4) is 0 Å². The molecule has 0 saturated carbocycles. The number of methoxy groups -OCH3 is 1. The average molecular weight is 291 g/mol. The van der Waals surface area contributed by atoms with Crippen molar-refractivity contribution < 1.29 is 14.6 Å². The second-order valence-corrected chi connectivity index (χ2v) is 4.76. The highest BCUT2D eigenvalue weighted by molar-refractivity contribution is 5.81. The van der Waals surface area contributed by atoms with Crippen molar-refractivity contribution in [1.82, 2.24) is 5.32 Å². The summed E-state index contributed by atoms with van der Waals surface area (Å²) < 4.78 is 4.87. The molecule has 1 aromatic carbocycles. The lowest BCUT2D eigenvalue weighted by molar-refractivity contribution is -0.119. The Morgan fingerprint density at radius 3 is 2.86 bits per heavy atom. The molecular weight excluding hydrogens is 270 g/mol. The van der Waals surface area contributed by atoms with Crippen LogP contribution < -0.4 is 10.2 Å². The maximum absolute atomic E-state index is 11.8. The zero-order chi connectivity index (χ0) is 15.8. The number of hydrogen-bond acceptors (Lipinski definition) is 5. The molecule has 21 heavy (non-hydrogen) atoms. The molecule has 0 aromatic heterocycles. The van der Waals surface area contributed by atoms with Crippen molar-refractivity contribution in [3.63, 3.8) is 0 Å². The van der Waals surface area contributed by atoms with Crippen LogP contribution in [0.25, 0.3) is 0 Å². The Morgan fingerprint density at radius 2 is 2.29 bits per heavy atom. The lowest BCUT2D eigenvalue weighted by Crippen LogP contribution is -2.37. The number of aliphatic hydroxyl groups excluding tert-OH is 1. The maximum atomic E-state index is 11.8. The molecule has 0 heterocycles. The first kappa shape index (κ1) is 17.0. The van der Waals surface area contributed by atoms with E-state index < -0.39 is 6.10 Å². The van der Waals surface area contributed by atoms with Gasteiger partial charge in [-0.25, -0.2) is 0 Å². The van der Waals surface area contributed by atoms with E-state index in [4.69, 9.17) is 10.00 Å². The van der Waals surface area contributed by atoms with E-state index in [-0.39, 0.29) is 12.5 Å². The zero-order valence-corrected chi connectivity index (χ0v) is 12.6.